The summed E-state index contributed by atoms with van der Waals surface area (Å²) in [7, 11) is 0. The van der Waals surface area contributed by atoms with Crippen LogP contribution >= 0.6 is 0 Å². The summed E-state index contributed by atoms with van der Waals surface area (Å²) in [6.45, 7) is 6.88. The molecule has 1 aromatic heterocycles. The Hall–Kier alpha value is -0.930. The molecule has 1 aromatic rings. The summed E-state index contributed by atoms with van der Waals surface area (Å²) in [6, 6.07) is 4.20. The van der Waals surface area contributed by atoms with Crippen LogP contribution in [0.25, 0.3) is 0 Å². The first kappa shape index (κ1) is 13.1. The lowest BCUT2D eigenvalue weighted by molar-refractivity contribution is 0.110. The number of aromatic nitrogens is 1. The van der Waals surface area contributed by atoms with Crippen LogP contribution in [0.5, 0.6) is 0 Å². The molecule has 0 spiro atoms. The molecule has 0 aliphatic carbocycles. The molecule has 0 radical (unpaired) electrons. The van der Waals surface area contributed by atoms with Crippen LogP contribution in [0, 0.1) is 5.92 Å². The summed E-state index contributed by atoms with van der Waals surface area (Å²) in [5.74, 6) is 0.341. The second-order valence-electron chi connectivity index (χ2n) is 4.37. The van der Waals surface area contributed by atoms with E-state index >= 15 is 0 Å². The first-order chi connectivity index (χ1) is 7.65. The molecule has 1 heterocycles. The van der Waals surface area contributed by atoms with Crippen molar-refractivity contribution in [1.82, 2.24) is 10.3 Å². The number of nitrogens with zero attached hydrogens (tertiary/aromatic N) is 1. The Bertz CT molecular complexity index is 289. The van der Waals surface area contributed by atoms with Crippen molar-refractivity contribution in [3.05, 3.63) is 30.1 Å². The number of hydrogen-bond acceptors (Lipinski definition) is 3. The van der Waals surface area contributed by atoms with E-state index in [-0.39, 0.29) is 12.1 Å². The highest BCUT2D eigenvalue weighted by atomic mass is 16.3. The van der Waals surface area contributed by atoms with Crippen molar-refractivity contribution in [3.8, 4) is 0 Å². The minimum Gasteiger partial charge on any atom is -0.392 e. The summed E-state index contributed by atoms with van der Waals surface area (Å²) in [5.41, 5.74) is 1.15. The number of aliphatic hydroxyl groups is 1. The van der Waals surface area contributed by atoms with Crippen LogP contribution in [0.3, 0.4) is 0 Å². The van der Waals surface area contributed by atoms with Gasteiger partial charge in [-0.15, -0.1) is 0 Å². The van der Waals surface area contributed by atoms with Crippen LogP contribution in [0.4, 0.5) is 0 Å². The van der Waals surface area contributed by atoms with Gasteiger partial charge in [-0.05, 0) is 24.5 Å². The minimum absolute atomic E-state index is 0.229. The van der Waals surface area contributed by atoms with Crippen LogP contribution in [0.1, 0.15) is 38.8 Å². The Morgan fingerprint density at radius 2 is 2.19 bits per heavy atom. The highest BCUT2D eigenvalue weighted by molar-refractivity contribution is 5.12. The highest BCUT2D eigenvalue weighted by Crippen LogP contribution is 2.11. The molecule has 0 bridgehead atoms. The van der Waals surface area contributed by atoms with E-state index in [9.17, 15) is 5.11 Å². The third-order valence-electron chi connectivity index (χ3n) is 3.12. The van der Waals surface area contributed by atoms with Gasteiger partial charge in [-0.2, -0.15) is 0 Å². The summed E-state index contributed by atoms with van der Waals surface area (Å²) in [6.07, 6.45) is 4.35. The van der Waals surface area contributed by atoms with Crippen molar-refractivity contribution >= 4 is 0 Å². The van der Waals surface area contributed by atoms with Crippen LogP contribution in [-0.2, 0) is 0 Å². The van der Waals surface area contributed by atoms with Gasteiger partial charge in [-0.1, -0.05) is 26.3 Å². The molecule has 3 unspecified atom stereocenters. The lowest BCUT2D eigenvalue weighted by Gasteiger charge is -2.20. The number of nitrogens with one attached hydrogen (secondary N) is 1. The zero-order chi connectivity index (χ0) is 12.0. The van der Waals surface area contributed by atoms with Gasteiger partial charge in [0.05, 0.1) is 6.10 Å². The van der Waals surface area contributed by atoms with Crippen LogP contribution in [0.15, 0.2) is 24.5 Å². The molecular formula is C13H22N2O. The van der Waals surface area contributed by atoms with Gasteiger partial charge in [0.25, 0.3) is 0 Å². The first-order valence-electron chi connectivity index (χ1n) is 5.96. The Morgan fingerprint density at radius 3 is 2.75 bits per heavy atom. The quantitative estimate of drug-likeness (QED) is 0.775. The molecule has 3 heteroatoms. The van der Waals surface area contributed by atoms with Crippen molar-refractivity contribution in [3.63, 3.8) is 0 Å². The largest absolute Gasteiger partial charge is 0.392 e. The Balaban J connectivity index is 2.38. The standard InChI is InChI=1S/C13H22N2O/c1-4-10(2)13(16)9-15-11(3)12-6-5-7-14-8-12/h5-8,10-11,13,15-16H,4,9H2,1-3H3. The predicted octanol–water partition coefficient (Wildman–Crippen LogP) is 2.14. The van der Waals surface area contributed by atoms with E-state index in [4.69, 9.17) is 0 Å². The van der Waals surface area contributed by atoms with E-state index in [0.717, 1.165) is 12.0 Å². The Labute approximate surface area is 97.9 Å². The Kier molecular flexibility index (Phi) is 5.43. The van der Waals surface area contributed by atoms with Gasteiger partial charge < -0.3 is 10.4 Å². The van der Waals surface area contributed by atoms with E-state index in [2.05, 4.69) is 31.1 Å². The average molecular weight is 222 g/mol. The minimum atomic E-state index is -0.274. The van der Waals surface area contributed by atoms with E-state index < -0.39 is 0 Å². The molecule has 90 valence electrons. The van der Waals surface area contributed by atoms with Crippen molar-refractivity contribution in [2.45, 2.75) is 39.3 Å². The smallest absolute Gasteiger partial charge is 0.0690 e. The SMILES string of the molecule is CCC(C)C(O)CNC(C)c1cccnc1. The predicted molar refractivity (Wildman–Crippen MR) is 66.1 cm³/mol. The van der Waals surface area contributed by atoms with Gasteiger partial charge in [0.15, 0.2) is 0 Å². The molecule has 0 aliphatic rings. The monoisotopic (exact) mass is 222 g/mol. The molecule has 0 saturated carbocycles. The van der Waals surface area contributed by atoms with Gasteiger partial charge >= 0.3 is 0 Å². The van der Waals surface area contributed by atoms with Crippen LogP contribution in [-0.4, -0.2) is 22.7 Å². The highest BCUT2D eigenvalue weighted by Gasteiger charge is 2.13. The molecule has 0 amide bonds. The summed E-state index contributed by atoms with van der Waals surface area (Å²) < 4.78 is 0. The molecule has 16 heavy (non-hydrogen) atoms. The zero-order valence-corrected chi connectivity index (χ0v) is 10.4. The van der Waals surface area contributed by atoms with E-state index in [1.807, 2.05) is 18.3 Å². The normalized spacial score (nSPS) is 16.8. The molecule has 3 atom stereocenters. The van der Waals surface area contributed by atoms with Crippen molar-refractivity contribution in [2.75, 3.05) is 6.54 Å². The average Bonchev–Trinajstić information content (AvgIpc) is 2.35. The maximum absolute atomic E-state index is 9.84. The molecule has 3 nitrogen and oxygen atoms in total. The third kappa shape index (κ3) is 3.91. The number of hydrogen-bond donors (Lipinski definition) is 2. The van der Waals surface area contributed by atoms with Crippen molar-refractivity contribution in [2.24, 2.45) is 5.92 Å². The first-order valence-corrected chi connectivity index (χ1v) is 5.96. The second-order valence-corrected chi connectivity index (χ2v) is 4.37. The van der Waals surface area contributed by atoms with E-state index in [0.29, 0.717) is 12.5 Å². The van der Waals surface area contributed by atoms with E-state index in [1.54, 1.807) is 6.20 Å². The van der Waals surface area contributed by atoms with Gasteiger partial charge in [0.2, 0.25) is 0 Å². The maximum atomic E-state index is 9.84. The molecule has 2 N–H and O–H groups in total. The van der Waals surface area contributed by atoms with Gasteiger partial charge in [-0.25, -0.2) is 0 Å². The fourth-order valence-corrected chi connectivity index (χ4v) is 1.52. The topological polar surface area (TPSA) is 45.1 Å². The lowest BCUT2D eigenvalue weighted by atomic mass is 10.0. The van der Waals surface area contributed by atoms with Crippen molar-refractivity contribution < 1.29 is 5.11 Å². The maximum Gasteiger partial charge on any atom is 0.0690 e. The van der Waals surface area contributed by atoms with Crippen molar-refractivity contribution in [1.29, 1.82) is 0 Å². The molecular weight excluding hydrogens is 200 g/mol. The fourth-order valence-electron chi connectivity index (χ4n) is 1.52. The molecule has 0 aromatic carbocycles. The summed E-state index contributed by atoms with van der Waals surface area (Å²) in [4.78, 5) is 4.08. The lowest BCUT2D eigenvalue weighted by Crippen LogP contribution is -2.33. The van der Waals surface area contributed by atoms with E-state index in [1.165, 1.54) is 0 Å². The van der Waals surface area contributed by atoms with Crippen LogP contribution in [0.2, 0.25) is 0 Å². The molecule has 0 aliphatic heterocycles. The number of pyridine rings is 1. The third-order valence-corrected chi connectivity index (χ3v) is 3.12. The summed E-state index contributed by atoms with van der Waals surface area (Å²) >= 11 is 0. The van der Waals surface area contributed by atoms with Gasteiger partial charge in [-0.3, -0.25) is 4.98 Å². The molecule has 0 fully saturated rings. The zero-order valence-electron chi connectivity index (χ0n) is 10.4. The summed E-state index contributed by atoms with van der Waals surface area (Å²) in [5, 5.41) is 13.2. The number of aliphatic hydroxyl groups excluding tert-OH is 1. The molecule has 1 rings (SSSR count). The van der Waals surface area contributed by atoms with Gasteiger partial charge in [0, 0.05) is 25.0 Å². The Morgan fingerprint density at radius 1 is 1.44 bits per heavy atom. The van der Waals surface area contributed by atoms with Gasteiger partial charge in [0.1, 0.15) is 0 Å². The second kappa shape index (κ2) is 6.61. The van der Waals surface area contributed by atoms with Crippen LogP contribution < -0.4 is 5.32 Å². The fraction of sp³-hybridized carbons (Fsp3) is 0.615. The molecule has 0 saturated heterocycles. The number of rotatable bonds is 6.